The summed E-state index contributed by atoms with van der Waals surface area (Å²) in [6.07, 6.45) is 1.63. The molecule has 1 saturated heterocycles. The number of nitrogens with one attached hydrogen (secondary N) is 1. The zero-order valence-electron chi connectivity index (χ0n) is 11.2. The van der Waals surface area contributed by atoms with Gasteiger partial charge in [0.15, 0.2) is 0 Å². The Balaban J connectivity index is 2.23. The number of carbonyl (C=O) groups excluding carboxylic acids is 1. The molecule has 1 aromatic carbocycles. The van der Waals surface area contributed by atoms with Gasteiger partial charge in [0.2, 0.25) is 15.9 Å². The van der Waals surface area contributed by atoms with Crippen molar-refractivity contribution in [3.63, 3.8) is 0 Å². The molecule has 1 N–H and O–H groups in total. The van der Waals surface area contributed by atoms with E-state index in [1.54, 1.807) is 12.1 Å². The Morgan fingerprint density at radius 3 is 2.60 bits per heavy atom. The van der Waals surface area contributed by atoms with E-state index in [1.165, 1.54) is 23.4 Å². The van der Waals surface area contributed by atoms with Crippen LogP contribution in [-0.4, -0.2) is 37.1 Å². The molecule has 0 spiro atoms. The molecule has 1 aromatic rings. The van der Waals surface area contributed by atoms with Crippen LogP contribution in [0.1, 0.15) is 19.8 Å². The standard InChI is InChI=1S/C13H17ClN2O3S/c1-10(17)15-11-4-6-13(7-5-11)20(18,19)16-8-2-3-12(16)9-14/h4-7,12H,2-3,8-9H2,1H3,(H,15,17). The summed E-state index contributed by atoms with van der Waals surface area (Å²) < 4.78 is 26.5. The van der Waals surface area contributed by atoms with Crippen molar-refractivity contribution in [2.75, 3.05) is 17.7 Å². The van der Waals surface area contributed by atoms with E-state index in [9.17, 15) is 13.2 Å². The molecule has 7 heteroatoms. The lowest BCUT2D eigenvalue weighted by Gasteiger charge is -2.22. The lowest BCUT2D eigenvalue weighted by atomic mass is 10.3. The highest BCUT2D eigenvalue weighted by Crippen LogP contribution is 2.27. The van der Waals surface area contributed by atoms with Gasteiger partial charge in [-0.3, -0.25) is 4.79 Å². The third-order valence-corrected chi connectivity index (χ3v) is 5.60. The average molecular weight is 317 g/mol. The summed E-state index contributed by atoms with van der Waals surface area (Å²) in [6.45, 7) is 1.91. The van der Waals surface area contributed by atoms with Gasteiger partial charge < -0.3 is 5.32 Å². The van der Waals surface area contributed by atoms with Gasteiger partial charge >= 0.3 is 0 Å². The Kier molecular flexibility index (Phi) is 4.67. The van der Waals surface area contributed by atoms with Gasteiger partial charge in [-0.25, -0.2) is 8.42 Å². The maximum atomic E-state index is 12.5. The SMILES string of the molecule is CC(=O)Nc1ccc(S(=O)(=O)N2CCCC2CCl)cc1. The first-order valence-corrected chi connectivity index (χ1v) is 8.38. The first-order chi connectivity index (χ1) is 9.45. The van der Waals surface area contributed by atoms with E-state index in [1.807, 2.05) is 0 Å². The second-order valence-corrected chi connectivity index (χ2v) is 6.97. The van der Waals surface area contributed by atoms with E-state index in [0.29, 0.717) is 18.1 Å². The van der Waals surface area contributed by atoms with Crippen LogP contribution in [0.3, 0.4) is 0 Å². The molecule has 0 radical (unpaired) electrons. The molecule has 1 heterocycles. The molecule has 0 aliphatic carbocycles. The Labute approximate surface area is 124 Å². The topological polar surface area (TPSA) is 66.5 Å². The molecule has 1 amide bonds. The second-order valence-electron chi connectivity index (χ2n) is 4.77. The van der Waals surface area contributed by atoms with Crippen molar-refractivity contribution in [2.45, 2.75) is 30.7 Å². The van der Waals surface area contributed by atoms with Gasteiger partial charge in [0.25, 0.3) is 0 Å². The van der Waals surface area contributed by atoms with Crippen molar-refractivity contribution >= 4 is 33.2 Å². The van der Waals surface area contributed by atoms with Crippen LogP contribution in [0.4, 0.5) is 5.69 Å². The molecule has 0 saturated carbocycles. The Morgan fingerprint density at radius 2 is 2.05 bits per heavy atom. The Morgan fingerprint density at radius 1 is 1.40 bits per heavy atom. The molecule has 1 unspecified atom stereocenters. The Hall–Kier alpha value is -1.11. The molecule has 1 aliphatic heterocycles. The lowest BCUT2D eigenvalue weighted by molar-refractivity contribution is -0.114. The van der Waals surface area contributed by atoms with Crippen LogP contribution < -0.4 is 5.32 Å². The zero-order chi connectivity index (χ0) is 14.8. The maximum absolute atomic E-state index is 12.5. The van der Waals surface area contributed by atoms with Crippen LogP contribution in [0.2, 0.25) is 0 Å². The first-order valence-electron chi connectivity index (χ1n) is 6.40. The van der Waals surface area contributed by atoms with Crippen LogP contribution in [-0.2, 0) is 14.8 Å². The summed E-state index contributed by atoms with van der Waals surface area (Å²) in [4.78, 5) is 11.2. The molecular weight excluding hydrogens is 300 g/mol. The fourth-order valence-corrected chi connectivity index (χ4v) is 4.42. The van der Waals surface area contributed by atoms with Crippen molar-refractivity contribution in [3.05, 3.63) is 24.3 Å². The summed E-state index contributed by atoms with van der Waals surface area (Å²) >= 11 is 5.82. The molecule has 0 aromatic heterocycles. The highest BCUT2D eigenvalue weighted by Gasteiger charge is 2.34. The highest BCUT2D eigenvalue weighted by molar-refractivity contribution is 7.89. The molecule has 20 heavy (non-hydrogen) atoms. The van der Waals surface area contributed by atoms with E-state index in [4.69, 9.17) is 11.6 Å². The predicted molar refractivity (Wildman–Crippen MR) is 78.4 cm³/mol. The number of hydrogen-bond acceptors (Lipinski definition) is 3. The average Bonchev–Trinajstić information content (AvgIpc) is 2.87. The minimum absolute atomic E-state index is 0.128. The summed E-state index contributed by atoms with van der Waals surface area (Å²) in [5.74, 6) is 0.116. The molecule has 1 fully saturated rings. The molecule has 2 rings (SSSR count). The largest absolute Gasteiger partial charge is 0.326 e. The number of hydrogen-bond donors (Lipinski definition) is 1. The number of nitrogens with zero attached hydrogens (tertiary/aromatic N) is 1. The second kappa shape index (κ2) is 6.11. The number of amides is 1. The number of benzene rings is 1. The third kappa shape index (κ3) is 3.13. The van der Waals surface area contributed by atoms with Gasteiger partial charge in [-0.1, -0.05) is 0 Å². The normalized spacial score (nSPS) is 20.0. The summed E-state index contributed by atoms with van der Waals surface area (Å²) in [5.41, 5.74) is 0.576. The van der Waals surface area contributed by atoms with Crippen LogP contribution in [0.15, 0.2) is 29.2 Å². The fourth-order valence-electron chi connectivity index (χ4n) is 2.33. The van der Waals surface area contributed by atoms with Crippen molar-refractivity contribution in [2.24, 2.45) is 0 Å². The van der Waals surface area contributed by atoms with E-state index in [0.717, 1.165) is 12.8 Å². The summed E-state index contributed by atoms with van der Waals surface area (Å²) in [6, 6.07) is 6.05. The van der Waals surface area contributed by atoms with Crippen molar-refractivity contribution < 1.29 is 13.2 Å². The lowest BCUT2D eigenvalue weighted by Crippen LogP contribution is -2.36. The molecule has 5 nitrogen and oxygen atoms in total. The van der Waals surface area contributed by atoms with E-state index in [2.05, 4.69) is 5.32 Å². The monoisotopic (exact) mass is 316 g/mol. The van der Waals surface area contributed by atoms with Gasteiger partial charge in [-0.05, 0) is 37.1 Å². The van der Waals surface area contributed by atoms with E-state index < -0.39 is 10.0 Å². The smallest absolute Gasteiger partial charge is 0.243 e. The van der Waals surface area contributed by atoms with Crippen molar-refractivity contribution in [1.29, 1.82) is 0 Å². The Bertz CT molecular complexity index is 586. The summed E-state index contributed by atoms with van der Waals surface area (Å²) in [5, 5.41) is 2.60. The van der Waals surface area contributed by atoms with Crippen molar-refractivity contribution in [1.82, 2.24) is 4.31 Å². The van der Waals surface area contributed by atoms with Crippen LogP contribution >= 0.6 is 11.6 Å². The summed E-state index contributed by atoms with van der Waals surface area (Å²) in [7, 11) is -3.51. The van der Waals surface area contributed by atoms with Gasteiger partial charge in [-0.15, -0.1) is 11.6 Å². The number of rotatable bonds is 4. The van der Waals surface area contributed by atoms with Gasteiger partial charge in [0.05, 0.1) is 4.90 Å². The van der Waals surface area contributed by atoms with Crippen LogP contribution in [0.5, 0.6) is 0 Å². The number of sulfonamides is 1. The molecular formula is C13H17ClN2O3S. The number of carbonyl (C=O) groups is 1. The molecule has 110 valence electrons. The minimum Gasteiger partial charge on any atom is -0.326 e. The molecule has 1 aliphatic rings. The number of anilines is 1. The van der Waals surface area contributed by atoms with Gasteiger partial charge in [0.1, 0.15) is 0 Å². The minimum atomic E-state index is -3.51. The van der Waals surface area contributed by atoms with Crippen molar-refractivity contribution in [3.8, 4) is 0 Å². The number of halogens is 1. The van der Waals surface area contributed by atoms with E-state index in [-0.39, 0.29) is 16.8 Å². The number of alkyl halides is 1. The first kappa shape index (κ1) is 15.3. The molecule has 0 bridgehead atoms. The van der Waals surface area contributed by atoms with E-state index >= 15 is 0 Å². The van der Waals surface area contributed by atoms with Gasteiger partial charge in [-0.2, -0.15) is 4.31 Å². The van der Waals surface area contributed by atoms with Crippen LogP contribution in [0.25, 0.3) is 0 Å². The maximum Gasteiger partial charge on any atom is 0.243 e. The quantitative estimate of drug-likeness (QED) is 0.864. The molecule has 1 atom stereocenters. The van der Waals surface area contributed by atoms with Crippen LogP contribution in [0, 0.1) is 0 Å². The zero-order valence-corrected chi connectivity index (χ0v) is 12.7. The predicted octanol–water partition coefficient (Wildman–Crippen LogP) is 2.04. The highest BCUT2D eigenvalue weighted by atomic mass is 35.5. The fraction of sp³-hybridized carbons (Fsp3) is 0.462. The third-order valence-electron chi connectivity index (χ3n) is 3.28. The van der Waals surface area contributed by atoms with Gasteiger partial charge in [0, 0.05) is 31.1 Å².